The van der Waals surface area contributed by atoms with Crippen molar-refractivity contribution in [3.05, 3.63) is 72.9 Å². The second-order valence-corrected chi connectivity index (χ2v) is 8.59. The molecular weight excluding hydrogens is 466 g/mol. The summed E-state index contributed by atoms with van der Waals surface area (Å²) in [7, 11) is 3.20. The van der Waals surface area contributed by atoms with Crippen LogP contribution in [0.2, 0.25) is 0 Å². The molecule has 0 unspecified atom stereocenters. The van der Waals surface area contributed by atoms with Crippen molar-refractivity contribution < 1.29 is 18.6 Å². The van der Waals surface area contributed by atoms with Crippen LogP contribution in [0.4, 0.5) is 0 Å². The molecule has 9 nitrogen and oxygen atoms in total. The molecule has 0 radical (unpaired) electrons. The van der Waals surface area contributed by atoms with Crippen LogP contribution in [0.15, 0.2) is 71.8 Å². The van der Waals surface area contributed by atoms with Crippen molar-refractivity contribution in [2.45, 2.75) is 6.61 Å². The Balaban J connectivity index is 1.34. The third-order valence-corrected chi connectivity index (χ3v) is 6.40. The van der Waals surface area contributed by atoms with Crippen LogP contribution < -0.4 is 14.2 Å². The molecule has 0 fully saturated rings. The van der Waals surface area contributed by atoms with Crippen LogP contribution in [-0.4, -0.2) is 38.8 Å². The van der Waals surface area contributed by atoms with Gasteiger partial charge in [0.1, 0.15) is 35.7 Å². The molecule has 0 bridgehead atoms. The minimum atomic E-state index is 0.366. The van der Waals surface area contributed by atoms with Crippen molar-refractivity contribution in [3.63, 3.8) is 0 Å². The first-order chi connectivity index (χ1) is 17.2. The molecule has 4 aromatic heterocycles. The molecule has 0 saturated heterocycles. The fourth-order valence-corrected chi connectivity index (χ4v) is 4.51. The smallest absolute Gasteiger partial charge is 0.294 e. The van der Waals surface area contributed by atoms with Crippen LogP contribution >= 0.6 is 11.3 Å². The number of furan rings is 1. The van der Waals surface area contributed by atoms with Gasteiger partial charge >= 0.3 is 0 Å². The topological polar surface area (TPSA) is 96.8 Å². The maximum Gasteiger partial charge on any atom is 0.294 e. The minimum absolute atomic E-state index is 0.366. The lowest BCUT2D eigenvalue weighted by Crippen LogP contribution is -1.97. The second kappa shape index (κ2) is 8.73. The van der Waals surface area contributed by atoms with Gasteiger partial charge in [-0.1, -0.05) is 18.2 Å². The van der Waals surface area contributed by atoms with E-state index < -0.39 is 0 Å². The Morgan fingerprint density at radius 2 is 1.86 bits per heavy atom. The van der Waals surface area contributed by atoms with Crippen molar-refractivity contribution >= 4 is 27.3 Å². The second-order valence-electron chi connectivity index (χ2n) is 7.67. The van der Waals surface area contributed by atoms with Gasteiger partial charge in [0.25, 0.3) is 5.19 Å². The third-order valence-electron chi connectivity index (χ3n) is 5.52. The van der Waals surface area contributed by atoms with Crippen molar-refractivity contribution in [2.24, 2.45) is 0 Å². The van der Waals surface area contributed by atoms with Gasteiger partial charge in [0.2, 0.25) is 4.96 Å². The van der Waals surface area contributed by atoms with Gasteiger partial charge in [0, 0.05) is 30.1 Å². The lowest BCUT2D eigenvalue weighted by atomic mass is 10.1. The SMILES string of the molecule is COc1cc(OCc2cccc(-c3cncnc3)c2)c2cc(-c3cnc4sc(OC)nn34)oc2c1. The van der Waals surface area contributed by atoms with E-state index in [0.29, 0.717) is 34.6 Å². The Morgan fingerprint density at radius 1 is 0.971 bits per heavy atom. The first kappa shape index (κ1) is 21.1. The van der Waals surface area contributed by atoms with Gasteiger partial charge in [0.15, 0.2) is 5.76 Å². The Morgan fingerprint density at radius 3 is 2.69 bits per heavy atom. The quantitative estimate of drug-likeness (QED) is 0.302. The standard InChI is InChI=1S/C25H19N5O4S/c1-31-18-7-21(33-13-15-4-3-5-16(6-15)17-10-26-14-27-11-17)19-9-23(34-22(19)8-18)20-12-28-24-30(20)29-25(32-2)35-24/h3-12,14H,13H2,1-2H3. The number of nitrogens with zero attached hydrogens (tertiary/aromatic N) is 5. The molecule has 174 valence electrons. The third kappa shape index (κ3) is 3.93. The molecule has 0 aliphatic heterocycles. The first-order valence-corrected chi connectivity index (χ1v) is 11.5. The molecule has 0 aliphatic carbocycles. The predicted molar refractivity (Wildman–Crippen MR) is 131 cm³/mol. The zero-order valence-electron chi connectivity index (χ0n) is 18.8. The van der Waals surface area contributed by atoms with Crippen LogP contribution in [-0.2, 0) is 6.61 Å². The highest BCUT2D eigenvalue weighted by molar-refractivity contribution is 7.18. The van der Waals surface area contributed by atoms with Gasteiger partial charge in [-0.25, -0.2) is 15.0 Å². The number of methoxy groups -OCH3 is 2. The number of ether oxygens (including phenoxy) is 3. The van der Waals surface area contributed by atoms with Gasteiger partial charge in [-0.15, -0.1) is 5.10 Å². The average Bonchev–Trinajstić information content (AvgIpc) is 3.61. The van der Waals surface area contributed by atoms with Gasteiger partial charge in [0.05, 0.1) is 25.8 Å². The molecular formula is C25H19N5O4S. The predicted octanol–water partition coefficient (Wildman–Crippen LogP) is 5.26. The van der Waals surface area contributed by atoms with Crippen LogP contribution in [0.25, 0.3) is 38.5 Å². The fraction of sp³-hybridized carbons (Fsp3) is 0.120. The molecule has 10 heteroatoms. The van der Waals surface area contributed by atoms with Crippen LogP contribution in [0.5, 0.6) is 16.7 Å². The highest BCUT2D eigenvalue weighted by atomic mass is 32.1. The molecule has 6 aromatic rings. The summed E-state index contributed by atoms with van der Waals surface area (Å²) in [6.07, 6.45) is 6.82. The van der Waals surface area contributed by atoms with Crippen molar-refractivity contribution in [1.29, 1.82) is 0 Å². The molecule has 0 aliphatic rings. The molecule has 0 atom stereocenters. The van der Waals surface area contributed by atoms with Crippen LogP contribution in [0.3, 0.4) is 0 Å². The average molecular weight is 486 g/mol. The highest BCUT2D eigenvalue weighted by Gasteiger charge is 2.18. The molecule has 0 N–H and O–H groups in total. The van der Waals surface area contributed by atoms with E-state index in [1.807, 2.05) is 36.4 Å². The van der Waals surface area contributed by atoms with Crippen LogP contribution in [0.1, 0.15) is 5.56 Å². The number of aromatic nitrogens is 5. The zero-order chi connectivity index (χ0) is 23.8. The molecule has 0 saturated carbocycles. The van der Waals surface area contributed by atoms with E-state index in [2.05, 4.69) is 26.1 Å². The summed E-state index contributed by atoms with van der Waals surface area (Å²) in [6.45, 7) is 0.366. The largest absolute Gasteiger partial charge is 0.496 e. The summed E-state index contributed by atoms with van der Waals surface area (Å²) in [6, 6.07) is 13.7. The molecule has 35 heavy (non-hydrogen) atoms. The van der Waals surface area contributed by atoms with Crippen molar-refractivity contribution in [2.75, 3.05) is 14.2 Å². The maximum absolute atomic E-state index is 6.25. The van der Waals surface area contributed by atoms with E-state index in [0.717, 1.165) is 32.7 Å². The minimum Gasteiger partial charge on any atom is -0.496 e. The van der Waals surface area contributed by atoms with E-state index in [1.165, 1.54) is 17.7 Å². The van der Waals surface area contributed by atoms with E-state index >= 15 is 0 Å². The van der Waals surface area contributed by atoms with E-state index in [4.69, 9.17) is 18.6 Å². The van der Waals surface area contributed by atoms with Gasteiger partial charge < -0.3 is 18.6 Å². The fourth-order valence-electron chi connectivity index (χ4n) is 3.82. The van der Waals surface area contributed by atoms with Gasteiger partial charge in [-0.3, -0.25) is 0 Å². The normalized spacial score (nSPS) is 11.3. The number of benzene rings is 2. The maximum atomic E-state index is 6.25. The summed E-state index contributed by atoms with van der Waals surface area (Å²) in [4.78, 5) is 13.3. The van der Waals surface area contributed by atoms with E-state index in [9.17, 15) is 0 Å². The van der Waals surface area contributed by atoms with Crippen molar-refractivity contribution in [1.82, 2.24) is 24.6 Å². The number of imidazole rings is 1. The molecule has 0 amide bonds. The summed E-state index contributed by atoms with van der Waals surface area (Å²) < 4.78 is 24.8. The Hall–Kier alpha value is -4.44. The highest BCUT2D eigenvalue weighted by Crippen LogP contribution is 2.38. The summed E-state index contributed by atoms with van der Waals surface area (Å²) in [5.74, 6) is 1.90. The van der Waals surface area contributed by atoms with Gasteiger partial charge in [-0.2, -0.15) is 4.52 Å². The number of hydrogen-bond acceptors (Lipinski definition) is 9. The summed E-state index contributed by atoms with van der Waals surface area (Å²) in [5, 5.41) is 5.78. The molecule has 4 heterocycles. The monoisotopic (exact) mass is 485 g/mol. The Bertz CT molecular complexity index is 1640. The van der Waals surface area contributed by atoms with Crippen molar-refractivity contribution in [3.8, 4) is 39.3 Å². The van der Waals surface area contributed by atoms with E-state index in [1.54, 1.807) is 37.3 Å². The molecule has 6 rings (SSSR count). The Labute approximate surface area is 203 Å². The summed E-state index contributed by atoms with van der Waals surface area (Å²) in [5.41, 5.74) is 4.35. The molecule has 0 spiro atoms. The van der Waals surface area contributed by atoms with Crippen LogP contribution in [0, 0.1) is 0 Å². The lowest BCUT2D eigenvalue weighted by Gasteiger charge is -2.10. The zero-order valence-corrected chi connectivity index (χ0v) is 19.7. The van der Waals surface area contributed by atoms with Gasteiger partial charge in [-0.05, 0) is 34.6 Å². The number of rotatable bonds is 7. The Kier molecular flexibility index (Phi) is 5.27. The number of hydrogen-bond donors (Lipinski definition) is 0. The van der Waals surface area contributed by atoms with E-state index in [-0.39, 0.29) is 0 Å². The first-order valence-electron chi connectivity index (χ1n) is 10.7. The summed E-state index contributed by atoms with van der Waals surface area (Å²) >= 11 is 1.36. The number of fused-ring (bicyclic) bond motifs is 2. The lowest BCUT2D eigenvalue weighted by molar-refractivity contribution is 0.307. The molecule has 2 aromatic carbocycles.